The van der Waals surface area contributed by atoms with E-state index in [9.17, 15) is 24.0 Å². The van der Waals surface area contributed by atoms with Crippen LogP contribution >= 0.6 is 0 Å². The first-order chi connectivity index (χ1) is 25.2. The molecule has 2 aromatic heterocycles. The Kier molecular flexibility index (Phi) is 12.5. The zero-order valence-electron chi connectivity index (χ0n) is 32.2. The van der Waals surface area contributed by atoms with E-state index >= 15 is 0 Å². The summed E-state index contributed by atoms with van der Waals surface area (Å²) in [5, 5.41) is 9.16. The van der Waals surface area contributed by atoms with E-state index in [4.69, 9.17) is 4.74 Å². The van der Waals surface area contributed by atoms with Gasteiger partial charge in [0, 0.05) is 38.3 Å². The Labute approximate surface area is 310 Å². The van der Waals surface area contributed by atoms with E-state index in [-0.39, 0.29) is 41.5 Å². The van der Waals surface area contributed by atoms with E-state index in [1.807, 2.05) is 90.9 Å². The largest absolute Gasteiger partial charge is 0.444 e. The number of aromatic nitrogens is 4. The molecule has 0 atom stereocenters. The van der Waals surface area contributed by atoms with Gasteiger partial charge in [0.25, 0.3) is 0 Å². The molecular formula is C39H56N8O6. The minimum absolute atomic E-state index is 0.00543. The lowest BCUT2D eigenvalue weighted by Gasteiger charge is -2.33. The van der Waals surface area contributed by atoms with Gasteiger partial charge in [0.2, 0.25) is 0 Å². The van der Waals surface area contributed by atoms with Gasteiger partial charge in [-0.3, -0.25) is 9.13 Å². The summed E-state index contributed by atoms with van der Waals surface area (Å²) in [7, 11) is 0. The summed E-state index contributed by atoms with van der Waals surface area (Å²) in [5.41, 5.74) is 1.70. The summed E-state index contributed by atoms with van der Waals surface area (Å²) in [5.74, 6) is 0.733. The van der Waals surface area contributed by atoms with Crippen LogP contribution in [0.4, 0.5) is 14.4 Å². The normalized spacial score (nSPS) is 15.8. The molecule has 0 radical (unpaired) electrons. The van der Waals surface area contributed by atoms with Gasteiger partial charge in [-0.05, 0) is 123 Å². The standard InChI is InChI=1S/C22H32N4O4.C17H24N4O2/c1-15(2)25-17-8-6-7-9-18(17)26(20(25)28)19(27)23-14-16-10-12-24(13-11-16)21(29)30-22(3,4)5;1-12(2)20-14-5-3-4-6-15(14)21(17(20)23)16(22)19-11-13-7-9-18-10-8-13/h6-9,15-16H,10-14H2,1-5H3,(H,23,27);3-6,12-13,18H,7-11H2,1-2H3,(H,19,22). The van der Waals surface area contributed by atoms with Gasteiger partial charge in [0.1, 0.15) is 5.60 Å². The summed E-state index contributed by atoms with van der Waals surface area (Å²) in [6, 6.07) is 14.0. The number of ether oxygens (including phenoxy) is 1. The highest BCUT2D eigenvalue weighted by molar-refractivity contribution is 5.90. The summed E-state index contributed by atoms with van der Waals surface area (Å²) in [6.07, 6.45) is 3.38. The zero-order chi connectivity index (χ0) is 38.4. The molecule has 53 heavy (non-hydrogen) atoms. The van der Waals surface area contributed by atoms with Crippen LogP contribution < -0.4 is 27.3 Å². The smallest absolute Gasteiger partial charge is 0.410 e. The molecule has 2 fully saturated rings. The van der Waals surface area contributed by atoms with Crippen LogP contribution in [0, 0.1) is 11.8 Å². The van der Waals surface area contributed by atoms with Gasteiger partial charge in [-0.25, -0.2) is 33.1 Å². The second-order valence-corrected chi connectivity index (χ2v) is 15.6. The van der Waals surface area contributed by atoms with Crippen LogP contribution in [0.25, 0.3) is 22.1 Å². The van der Waals surface area contributed by atoms with E-state index < -0.39 is 11.6 Å². The SMILES string of the molecule is CC(C)n1c(=O)n(C(=O)NCC2CCN(C(=O)OC(C)(C)C)CC2)c2ccccc21.CC(C)n1c(=O)n(C(=O)NCC2CCNCC2)c2ccccc21. The lowest BCUT2D eigenvalue weighted by Crippen LogP contribution is -2.45. The average molecular weight is 733 g/mol. The number of hydrogen-bond acceptors (Lipinski definition) is 7. The maximum Gasteiger partial charge on any atom is 0.410 e. The van der Waals surface area contributed by atoms with Crippen molar-refractivity contribution in [3.05, 3.63) is 69.5 Å². The number of benzene rings is 2. The fraction of sp³-hybridized carbons (Fsp3) is 0.564. The van der Waals surface area contributed by atoms with Gasteiger partial charge in [-0.15, -0.1) is 0 Å². The summed E-state index contributed by atoms with van der Waals surface area (Å²) >= 11 is 0. The maximum absolute atomic E-state index is 12.9. The van der Waals surface area contributed by atoms with Crippen molar-refractivity contribution >= 4 is 40.2 Å². The topological polar surface area (TPSA) is 154 Å². The number of carbonyl (C=O) groups excluding carboxylic acids is 3. The highest BCUT2D eigenvalue weighted by Crippen LogP contribution is 2.21. The third-order valence-electron chi connectivity index (χ3n) is 9.81. The molecule has 2 aliphatic rings. The van der Waals surface area contributed by atoms with Crippen LogP contribution in [0.5, 0.6) is 0 Å². The van der Waals surface area contributed by atoms with Gasteiger partial charge in [-0.1, -0.05) is 24.3 Å². The third-order valence-corrected chi connectivity index (χ3v) is 9.81. The van der Waals surface area contributed by atoms with Crippen LogP contribution in [-0.2, 0) is 4.74 Å². The molecule has 0 spiro atoms. The Hall–Kier alpha value is -4.85. The lowest BCUT2D eigenvalue weighted by molar-refractivity contribution is 0.0184. The molecule has 288 valence electrons. The average Bonchev–Trinajstić information content (AvgIpc) is 3.59. The molecule has 0 aliphatic carbocycles. The molecule has 2 aliphatic heterocycles. The van der Waals surface area contributed by atoms with Crippen LogP contribution in [0.15, 0.2) is 58.1 Å². The van der Waals surface area contributed by atoms with Gasteiger partial charge >= 0.3 is 29.5 Å². The summed E-state index contributed by atoms with van der Waals surface area (Å²) in [6.45, 7) is 17.6. The third kappa shape index (κ3) is 9.21. The highest BCUT2D eigenvalue weighted by Gasteiger charge is 2.28. The number of rotatable bonds is 6. The van der Waals surface area contributed by atoms with E-state index in [2.05, 4.69) is 16.0 Å². The minimum Gasteiger partial charge on any atom is -0.444 e. The number of para-hydroxylation sites is 4. The first-order valence-corrected chi connectivity index (χ1v) is 18.9. The molecule has 6 rings (SSSR count). The Balaban J connectivity index is 0.000000211. The molecular weight excluding hydrogens is 676 g/mol. The van der Waals surface area contributed by atoms with Gasteiger partial charge in [-0.2, -0.15) is 0 Å². The second-order valence-electron chi connectivity index (χ2n) is 15.6. The monoisotopic (exact) mass is 732 g/mol. The van der Waals surface area contributed by atoms with Crippen molar-refractivity contribution in [2.24, 2.45) is 11.8 Å². The van der Waals surface area contributed by atoms with Crippen molar-refractivity contribution < 1.29 is 19.1 Å². The molecule has 0 saturated carbocycles. The van der Waals surface area contributed by atoms with E-state index in [0.717, 1.165) is 49.8 Å². The van der Waals surface area contributed by atoms with Gasteiger partial charge < -0.3 is 25.6 Å². The number of nitrogens with one attached hydrogen (secondary N) is 3. The lowest BCUT2D eigenvalue weighted by atomic mass is 9.97. The van der Waals surface area contributed by atoms with Crippen LogP contribution in [0.1, 0.15) is 86.2 Å². The Morgan fingerprint density at radius 3 is 1.49 bits per heavy atom. The van der Waals surface area contributed by atoms with Crippen molar-refractivity contribution in [1.29, 1.82) is 0 Å². The molecule has 14 nitrogen and oxygen atoms in total. The predicted octanol–water partition coefficient (Wildman–Crippen LogP) is 5.53. The van der Waals surface area contributed by atoms with Gasteiger partial charge in [0.05, 0.1) is 22.1 Å². The molecule has 2 aromatic carbocycles. The van der Waals surface area contributed by atoms with E-state index in [1.165, 1.54) is 9.13 Å². The van der Waals surface area contributed by atoms with Crippen LogP contribution in [0.3, 0.4) is 0 Å². The number of likely N-dealkylation sites (tertiary alicyclic amines) is 1. The Bertz CT molecular complexity index is 2020. The van der Waals surface area contributed by atoms with Crippen molar-refractivity contribution in [2.75, 3.05) is 39.3 Å². The molecule has 14 heteroatoms. The molecule has 0 bridgehead atoms. The fourth-order valence-electron chi connectivity index (χ4n) is 7.09. The van der Waals surface area contributed by atoms with E-state index in [0.29, 0.717) is 43.1 Å². The molecule has 4 aromatic rings. The highest BCUT2D eigenvalue weighted by atomic mass is 16.6. The fourth-order valence-corrected chi connectivity index (χ4v) is 7.09. The molecule has 3 amide bonds. The number of fused-ring (bicyclic) bond motifs is 2. The first-order valence-electron chi connectivity index (χ1n) is 18.9. The predicted molar refractivity (Wildman–Crippen MR) is 207 cm³/mol. The molecule has 3 N–H and O–H groups in total. The number of imidazole rings is 2. The number of carbonyl (C=O) groups is 3. The first kappa shape index (κ1) is 39.4. The zero-order valence-corrected chi connectivity index (χ0v) is 32.2. The Morgan fingerprint density at radius 2 is 1.09 bits per heavy atom. The summed E-state index contributed by atoms with van der Waals surface area (Å²) in [4.78, 5) is 64.9. The molecule has 0 unspecified atom stereocenters. The Morgan fingerprint density at radius 1 is 0.698 bits per heavy atom. The maximum atomic E-state index is 12.9. The number of hydrogen-bond donors (Lipinski definition) is 3. The number of piperidine rings is 2. The summed E-state index contributed by atoms with van der Waals surface area (Å²) < 4.78 is 11.2. The van der Waals surface area contributed by atoms with Crippen LogP contribution in [0.2, 0.25) is 0 Å². The van der Waals surface area contributed by atoms with Crippen molar-refractivity contribution in [2.45, 2.75) is 91.8 Å². The molecule has 4 heterocycles. The van der Waals surface area contributed by atoms with Crippen LogP contribution in [-0.4, -0.2) is 86.2 Å². The van der Waals surface area contributed by atoms with Crippen molar-refractivity contribution in [3.63, 3.8) is 0 Å². The van der Waals surface area contributed by atoms with Gasteiger partial charge in [0.15, 0.2) is 0 Å². The quantitative estimate of drug-likeness (QED) is 0.236. The van der Waals surface area contributed by atoms with Crippen molar-refractivity contribution in [1.82, 2.24) is 39.1 Å². The van der Waals surface area contributed by atoms with Crippen molar-refractivity contribution in [3.8, 4) is 0 Å². The minimum atomic E-state index is -0.510. The van der Waals surface area contributed by atoms with E-state index in [1.54, 1.807) is 20.1 Å². The second kappa shape index (κ2) is 16.9. The molecule has 2 saturated heterocycles. The number of nitrogens with zero attached hydrogens (tertiary/aromatic N) is 5. The number of amides is 3.